The van der Waals surface area contributed by atoms with Crippen LogP contribution in [0.4, 0.5) is 11.6 Å². The Morgan fingerprint density at radius 3 is 2.82 bits per heavy atom. The van der Waals surface area contributed by atoms with Gasteiger partial charge in [-0.25, -0.2) is 4.98 Å². The Kier molecular flexibility index (Phi) is 5.63. The van der Waals surface area contributed by atoms with E-state index in [1.165, 1.54) is 37.8 Å². The van der Waals surface area contributed by atoms with Gasteiger partial charge in [0.1, 0.15) is 13.7 Å². The molecular formula is C23H27BN6O3. The number of phenols is 1. The lowest BCUT2D eigenvalue weighted by atomic mass is 9.99. The highest BCUT2D eigenvalue weighted by molar-refractivity contribution is 6.34. The highest BCUT2D eigenvalue weighted by atomic mass is 16.5. The number of rotatable bonds is 7. The molecule has 1 aromatic carbocycles. The van der Waals surface area contributed by atoms with Gasteiger partial charge >= 0.3 is 0 Å². The lowest BCUT2D eigenvalue weighted by Crippen LogP contribution is -2.43. The van der Waals surface area contributed by atoms with Gasteiger partial charge in [-0.05, 0) is 29.9 Å². The first-order valence-electron chi connectivity index (χ1n) is 10.9. The average Bonchev–Trinajstić information content (AvgIpc) is 3.51. The van der Waals surface area contributed by atoms with E-state index in [4.69, 9.17) is 17.3 Å². The largest absolute Gasteiger partial charge is 0.504 e. The number of nitrogens with one attached hydrogen (secondary N) is 2. The number of methoxy groups -OCH3 is 2. The van der Waals surface area contributed by atoms with Gasteiger partial charge in [0.2, 0.25) is 11.7 Å². The quantitative estimate of drug-likeness (QED) is 0.469. The summed E-state index contributed by atoms with van der Waals surface area (Å²) >= 11 is 0. The Labute approximate surface area is 194 Å². The maximum Gasteiger partial charge on any atom is 0.229 e. The molecule has 170 valence electrons. The number of piperazine rings is 1. The molecule has 10 heteroatoms. The minimum absolute atomic E-state index is 0.0495. The molecule has 0 aliphatic carbocycles. The minimum atomic E-state index is -0.0495. The predicted octanol–water partition coefficient (Wildman–Crippen LogP) is 1.38. The highest BCUT2D eigenvalue weighted by Crippen LogP contribution is 2.39. The molecule has 2 unspecified atom stereocenters. The summed E-state index contributed by atoms with van der Waals surface area (Å²) in [7, 11) is 9.21. The first-order valence-corrected chi connectivity index (χ1v) is 10.9. The minimum Gasteiger partial charge on any atom is -0.504 e. The molecule has 2 fully saturated rings. The van der Waals surface area contributed by atoms with E-state index in [-0.39, 0.29) is 11.5 Å². The first-order chi connectivity index (χ1) is 15.9. The van der Waals surface area contributed by atoms with Crippen LogP contribution in [0, 0.1) is 6.92 Å². The van der Waals surface area contributed by atoms with Crippen LogP contribution in [0.25, 0.3) is 5.82 Å². The van der Waals surface area contributed by atoms with Gasteiger partial charge in [0.05, 0.1) is 14.2 Å². The lowest BCUT2D eigenvalue weighted by molar-refractivity contribution is 0.217. The van der Waals surface area contributed by atoms with E-state index < -0.39 is 0 Å². The molecule has 0 amide bonds. The van der Waals surface area contributed by atoms with Crippen molar-refractivity contribution in [1.29, 1.82) is 0 Å². The smallest absolute Gasteiger partial charge is 0.229 e. The van der Waals surface area contributed by atoms with Crippen LogP contribution in [0.5, 0.6) is 17.2 Å². The molecule has 2 aliphatic heterocycles. The second kappa shape index (κ2) is 8.60. The van der Waals surface area contributed by atoms with Crippen molar-refractivity contribution in [3.63, 3.8) is 0 Å². The third-order valence-electron chi connectivity index (χ3n) is 6.43. The molecule has 33 heavy (non-hydrogen) atoms. The van der Waals surface area contributed by atoms with Gasteiger partial charge in [0.15, 0.2) is 11.5 Å². The van der Waals surface area contributed by atoms with Crippen molar-refractivity contribution in [3.8, 4) is 23.1 Å². The summed E-state index contributed by atoms with van der Waals surface area (Å²) in [5.74, 6) is 1.55. The third-order valence-corrected chi connectivity index (χ3v) is 6.43. The van der Waals surface area contributed by atoms with Gasteiger partial charge in [0.25, 0.3) is 0 Å². The number of fused-ring (bicyclic) bond motifs is 2. The van der Waals surface area contributed by atoms with Crippen molar-refractivity contribution >= 4 is 24.9 Å². The van der Waals surface area contributed by atoms with Crippen LogP contribution in [0.3, 0.4) is 0 Å². The number of likely N-dealkylation sites (tertiary alicyclic amines) is 1. The number of hydrogen-bond donors (Lipinski definition) is 3. The molecular weight excluding hydrogens is 419 g/mol. The van der Waals surface area contributed by atoms with Gasteiger partial charge < -0.3 is 29.8 Å². The van der Waals surface area contributed by atoms with E-state index in [1.54, 1.807) is 12.3 Å². The third kappa shape index (κ3) is 4.11. The van der Waals surface area contributed by atoms with Crippen LogP contribution in [0.15, 0.2) is 30.7 Å². The summed E-state index contributed by atoms with van der Waals surface area (Å²) in [6.07, 6.45) is 6.96. The van der Waals surface area contributed by atoms with Crippen molar-refractivity contribution < 1.29 is 14.6 Å². The summed E-state index contributed by atoms with van der Waals surface area (Å²) in [5, 5.41) is 16.9. The number of nitrogens with zero attached hydrogens (tertiary/aromatic N) is 4. The van der Waals surface area contributed by atoms with E-state index in [2.05, 4.69) is 38.6 Å². The predicted molar refractivity (Wildman–Crippen MR) is 127 cm³/mol. The van der Waals surface area contributed by atoms with E-state index in [0.717, 1.165) is 19.6 Å². The lowest BCUT2D eigenvalue weighted by Gasteiger charge is -2.27. The normalized spacial score (nSPS) is 19.7. The Balaban J connectivity index is 1.39. The zero-order valence-corrected chi connectivity index (χ0v) is 19.0. The number of anilines is 2. The topological polar surface area (TPSA) is 96.7 Å². The van der Waals surface area contributed by atoms with Crippen LogP contribution >= 0.6 is 0 Å². The van der Waals surface area contributed by atoms with E-state index in [0.29, 0.717) is 40.7 Å². The Morgan fingerprint density at radius 2 is 2.12 bits per heavy atom. The van der Waals surface area contributed by atoms with Gasteiger partial charge in [-0.2, -0.15) is 4.98 Å². The second-order valence-corrected chi connectivity index (χ2v) is 8.63. The number of hydrogen-bond acceptors (Lipinski definition) is 8. The molecule has 3 aromatic rings. The number of ether oxygens (including phenoxy) is 2. The highest BCUT2D eigenvalue weighted by Gasteiger charge is 2.37. The first kappa shape index (κ1) is 21.6. The molecule has 0 spiro atoms. The Hall–Kier alpha value is -3.24. The van der Waals surface area contributed by atoms with Crippen molar-refractivity contribution in [2.24, 2.45) is 0 Å². The van der Waals surface area contributed by atoms with Crippen LogP contribution in [0.1, 0.15) is 17.5 Å². The van der Waals surface area contributed by atoms with Crippen molar-refractivity contribution in [2.45, 2.75) is 32.0 Å². The molecule has 2 saturated heterocycles. The zero-order chi connectivity index (χ0) is 23.1. The number of benzene rings is 1. The Morgan fingerprint density at radius 1 is 1.27 bits per heavy atom. The summed E-state index contributed by atoms with van der Waals surface area (Å²) in [6, 6.07) is 4.47. The zero-order valence-electron chi connectivity index (χ0n) is 19.0. The standard InChI is InChI=1S/C23H27BN6O3/c1-13-9-30(11-14(13)10-29-12-16-4-17(29)7-25-16)22-18(24)8-26-23(28-22)27-15-5-19(31)21(33-3)20(6-15)32-2/h5-6,8-9,11,16-17,25,31H,4,7,10,12H2,1-3H3,(H,26,27,28). The molecule has 9 nitrogen and oxygen atoms in total. The van der Waals surface area contributed by atoms with Crippen molar-refractivity contribution in [1.82, 2.24) is 24.8 Å². The molecule has 2 bridgehead atoms. The fraction of sp³-hybridized carbons (Fsp3) is 0.391. The number of aromatic nitrogens is 3. The fourth-order valence-electron chi connectivity index (χ4n) is 4.74. The maximum atomic E-state index is 10.2. The molecule has 2 aromatic heterocycles. The van der Waals surface area contributed by atoms with Crippen LogP contribution in [-0.4, -0.2) is 71.8 Å². The fourth-order valence-corrected chi connectivity index (χ4v) is 4.74. The summed E-state index contributed by atoms with van der Waals surface area (Å²) in [6.45, 7) is 5.20. The molecule has 5 rings (SSSR count). The average molecular weight is 446 g/mol. The maximum absolute atomic E-state index is 10.2. The molecule has 2 atom stereocenters. The summed E-state index contributed by atoms with van der Waals surface area (Å²) < 4.78 is 12.4. The van der Waals surface area contributed by atoms with Gasteiger partial charge in [-0.3, -0.25) is 4.90 Å². The molecule has 2 aliphatic rings. The van der Waals surface area contributed by atoms with Gasteiger partial charge in [-0.15, -0.1) is 0 Å². The summed E-state index contributed by atoms with van der Waals surface area (Å²) in [5.41, 5.74) is 3.49. The summed E-state index contributed by atoms with van der Waals surface area (Å²) in [4.78, 5) is 11.5. The second-order valence-electron chi connectivity index (χ2n) is 8.63. The SMILES string of the molecule is [B]c1cnc(Nc2cc(O)c(OC)c(OC)c2)nc1-n1cc(C)c(CN2CC3CC2CN3)c1. The van der Waals surface area contributed by atoms with Gasteiger partial charge in [-0.1, -0.05) is 0 Å². The van der Waals surface area contributed by atoms with Crippen molar-refractivity contribution in [2.75, 3.05) is 32.6 Å². The Bertz CT molecular complexity index is 1180. The molecule has 0 saturated carbocycles. The molecule has 2 radical (unpaired) electrons. The number of phenolic OH excluding ortho intramolecular Hbond substituents is 1. The number of aromatic hydroxyl groups is 1. The van der Waals surface area contributed by atoms with Crippen molar-refractivity contribution in [3.05, 3.63) is 41.9 Å². The van der Waals surface area contributed by atoms with E-state index >= 15 is 0 Å². The molecule has 3 N–H and O–H groups in total. The van der Waals surface area contributed by atoms with Gasteiger partial charge in [0, 0.05) is 68.1 Å². The van der Waals surface area contributed by atoms with Crippen LogP contribution in [-0.2, 0) is 6.54 Å². The monoisotopic (exact) mass is 446 g/mol. The van der Waals surface area contributed by atoms with Crippen LogP contribution in [0.2, 0.25) is 0 Å². The molecule has 4 heterocycles. The van der Waals surface area contributed by atoms with Crippen LogP contribution < -0.4 is 25.6 Å². The number of aryl methyl sites for hydroxylation is 1. The van der Waals surface area contributed by atoms with E-state index in [9.17, 15) is 5.11 Å². The van der Waals surface area contributed by atoms with E-state index in [1.807, 2.05) is 10.8 Å².